The number of imide groups is 1. The second kappa shape index (κ2) is 5.66. The first kappa shape index (κ1) is 14.0. The normalized spacial score (nSPS) is 27.9. The topological polar surface area (TPSA) is 81.8 Å². The zero-order valence-corrected chi connectivity index (χ0v) is 11.3. The van der Waals surface area contributed by atoms with E-state index in [9.17, 15) is 14.4 Å². The lowest BCUT2D eigenvalue weighted by Gasteiger charge is -2.38. The first-order valence-electron chi connectivity index (χ1n) is 6.52. The first-order chi connectivity index (χ1) is 8.94. The predicted octanol–water partition coefficient (Wildman–Crippen LogP) is -1.85. The van der Waals surface area contributed by atoms with E-state index in [2.05, 4.69) is 15.5 Å². The minimum Gasteiger partial charge on any atom is -0.351 e. The number of carbonyl (C=O) groups excluding carboxylic acids is 3. The van der Waals surface area contributed by atoms with Crippen molar-refractivity contribution in [2.45, 2.75) is 25.9 Å². The molecule has 0 aliphatic carbocycles. The van der Waals surface area contributed by atoms with Crippen LogP contribution in [0.15, 0.2) is 0 Å². The van der Waals surface area contributed by atoms with Crippen molar-refractivity contribution in [1.29, 1.82) is 0 Å². The Bertz CT molecular complexity index is 382. The van der Waals surface area contributed by atoms with E-state index in [4.69, 9.17) is 0 Å². The fourth-order valence-corrected chi connectivity index (χ4v) is 2.62. The second-order valence-corrected chi connectivity index (χ2v) is 5.39. The number of hydrogen-bond donors (Lipinski definition) is 2. The summed E-state index contributed by atoms with van der Waals surface area (Å²) in [6.45, 7) is 6.24. The van der Waals surface area contributed by atoms with Crippen LogP contribution in [0.4, 0.5) is 0 Å². The Morgan fingerprint density at radius 3 is 2.37 bits per heavy atom. The first-order valence-corrected chi connectivity index (χ1v) is 6.52. The summed E-state index contributed by atoms with van der Waals surface area (Å²) in [5.41, 5.74) is 0. The molecule has 0 saturated carbocycles. The highest BCUT2D eigenvalue weighted by atomic mass is 16.2. The van der Waals surface area contributed by atoms with E-state index in [0.717, 1.165) is 6.54 Å². The lowest BCUT2D eigenvalue weighted by atomic mass is 10.1. The van der Waals surface area contributed by atoms with Crippen molar-refractivity contribution in [1.82, 2.24) is 20.4 Å². The van der Waals surface area contributed by atoms with E-state index in [1.165, 1.54) is 0 Å². The highest BCUT2D eigenvalue weighted by molar-refractivity contribution is 5.99. The van der Waals surface area contributed by atoms with Gasteiger partial charge in [-0.3, -0.25) is 29.5 Å². The maximum absolute atomic E-state index is 11.5. The molecule has 2 N–H and O–H groups in total. The van der Waals surface area contributed by atoms with Gasteiger partial charge in [0.1, 0.15) is 0 Å². The van der Waals surface area contributed by atoms with Crippen molar-refractivity contribution < 1.29 is 14.4 Å². The SMILES string of the molecule is CC1CN([C@@H](C)CN2CC(=O)NC(=O)C2)CC(=O)N1. The van der Waals surface area contributed by atoms with Crippen molar-refractivity contribution in [3.8, 4) is 0 Å². The van der Waals surface area contributed by atoms with E-state index >= 15 is 0 Å². The summed E-state index contributed by atoms with van der Waals surface area (Å²) in [5, 5.41) is 5.15. The van der Waals surface area contributed by atoms with Crippen LogP contribution < -0.4 is 10.6 Å². The van der Waals surface area contributed by atoms with Gasteiger partial charge in [-0.15, -0.1) is 0 Å². The average Bonchev–Trinajstić information content (AvgIpc) is 2.25. The fourth-order valence-electron chi connectivity index (χ4n) is 2.62. The van der Waals surface area contributed by atoms with Crippen molar-refractivity contribution in [3.05, 3.63) is 0 Å². The van der Waals surface area contributed by atoms with Crippen molar-refractivity contribution in [2.24, 2.45) is 0 Å². The molecule has 3 amide bonds. The van der Waals surface area contributed by atoms with Gasteiger partial charge in [0, 0.05) is 25.2 Å². The predicted molar refractivity (Wildman–Crippen MR) is 68.2 cm³/mol. The lowest BCUT2D eigenvalue weighted by Crippen LogP contribution is -2.59. The smallest absolute Gasteiger partial charge is 0.240 e. The quantitative estimate of drug-likeness (QED) is 0.588. The van der Waals surface area contributed by atoms with Crippen LogP contribution in [-0.4, -0.2) is 72.3 Å². The van der Waals surface area contributed by atoms with Crippen LogP contribution in [-0.2, 0) is 14.4 Å². The molecular weight excluding hydrogens is 248 g/mol. The molecule has 2 fully saturated rings. The highest BCUT2D eigenvalue weighted by Crippen LogP contribution is 2.08. The summed E-state index contributed by atoms with van der Waals surface area (Å²) in [7, 11) is 0. The molecule has 106 valence electrons. The number of amides is 3. The molecular formula is C12H20N4O3. The molecule has 2 rings (SSSR count). The summed E-state index contributed by atoms with van der Waals surface area (Å²) in [6, 6.07) is 0.266. The van der Waals surface area contributed by atoms with Gasteiger partial charge in [0.2, 0.25) is 17.7 Å². The van der Waals surface area contributed by atoms with Crippen LogP contribution in [0.1, 0.15) is 13.8 Å². The second-order valence-electron chi connectivity index (χ2n) is 5.39. The van der Waals surface area contributed by atoms with Crippen molar-refractivity contribution in [3.63, 3.8) is 0 Å². The molecule has 0 bridgehead atoms. The Morgan fingerprint density at radius 1 is 1.16 bits per heavy atom. The summed E-state index contributed by atoms with van der Waals surface area (Å²) in [4.78, 5) is 38.0. The molecule has 1 unspecified atom stereocenters. The number of hydrogen-bond acceptors (Lipinski definition) is 5. The number of carbonyl (C=O) groups is 3. The molecule has 0 aromatic heterocycles. The number of rotatable bonds is 3. The summed E-state index contributed by atoms with van der Waals surface area (Å²) >= 11 is 0. The Hall–Kier alpha value is -1.47. The molecule has 2 aliphatic heterocycles. The summed E-state index contributed by atoms with van der Waals surface area (Å²) in [5.74, 6) is -0.487. The van der Waals surface area contributed by atoms with E-state index in [1.807, 2.05) is 18.7 Å². The standard InChI is InChI=1S/C12H20N4O3/c1-8-3-16(7-12(19)13-8)9(2)4-15-5-10(17)14-11(18)6-15/h8-9H,3-7H2,1-2H3,(H,13,19)(H,14,17,18)/t8?,9-/m0/s1. The molecule has 2 atom stereocenters. The van der Waals surface area contributed by atoms with Gasteiger partial charge in [-0.1, -0.05) is 0 Å². The van der Waals surface area contributed by atoms with Gasteiger partial charge in [0.15, 0.2) is 0 Å². The Labute approximate surface area is 112 Å². The van der Waals surface area contributed by atoms with E-state index in [1.54, 1.807) is 0 Å². The van der Waals surface area contributed by atoms with E-state index in [-0.39, 0.29) is 42.9 Å². The number of piperazine rings is 2. The third-order valence-corrected chi connectivity index (χ3v) is 3.42. The van der Waals surface area contributed by atoms with Crippen LogP contribution in [0.25, 0.3) is 0 Å². The largest absolute Gasteiger partial charge is 0.351 e. The molecule has 2 saturated heterocycles. The van der Waals surface area contributed by atoms with Gasteiger partial charge in [-0.2, -0.15) is 0 Å². The Kier molecular flexibility index (Phi) is 4.16. The monoisotopic (exact) mass is 268 g/mol. The summed E-state index contributed by atoms with van der Waals surface area (Å²) < 4.78 is 0. The minimum absolute atomic E-state index is 0.0260. The average molecular weight is 268 g/mol. The van der Waals surface area contributed by atoms with Crippen LogP contribution in [0.2, 0.25) is 0 Å². The minimum atomic E-state index is -0.256. The van der Waals surface area contributed by atoms with Crippen molar-refractivity contribution in [2.75, 3.05) is 32.7 Å². The molecule has 2 heterocycles. The van der Waals surface area contributed by atoms with Crippen LogP contribution in [0, 0.1) is 0 Å². The molecule has 19 heavy (non-hydrogen) atoms. The van der Waals surface area contributed by atoms with Crippen LogP contribution in [0.3, 0.4) is 0 Å². The molecule has 0 spiro atoms. The van der Waals surface area contributed by atoms with Crippen molar-refractivity contribution >= 4 is 17.7 Å². The van der Waals surface area contributed by atoms with E-state index in [0.29, 0.717) is 13.1 Å². The third kappa shape index (κ3) is 3.74. The summed E-state index contributed by atoms with van der Waals surface area (Å²) in [6.07, 6.45) is 0. The van der Waals surface area contributed by atoms with Gasteiger partial charge >= 0.3 is 0 Å². The molecule has 0 aromatic carbocycles. The molecule has 2 aliphatic rings. The highest BCUT2D eigenvalue weighted by Gasteiger charge is 2.29. The molecule has 0 radical (unpaired) electrons. The van der Waals surface area contributed by atoms with Crippen LogP contribution in [0.5, 0.6) is 0 Å². The number of nitrogens with zero attached hydrogens (tertiary/aromatic N) is 2. The van der Waals surface area contributed by atoms with Gasteiger partial charge in [-0.05, 0) is 13.8 Å². The van der Waals surface area contributed by atoms with Gasteiger partial charge in [0.25, 0.3) is 0 Å². The maximum Gasteiger partial charge on any atom is 0.240 e. The molecule has 0 aromatic rings. The van der Waals surface area contributed by atoms with Gasteiger partial charge in [0.05, 0.1) is 19.6 Å². The molecule has 7 heteroatoms. The fraction of sp³-hybridized carbons (Fsp3) is 0.750. The van der Waals surface area contributed by atoms with Crippen LogP contribution >= 0.6 is 0 Å². The lowest BCUT2D eigenvalue weighted by molar-refractivity contribution is -0.137. The van der Waals surface area contributed by atoms with Gasteiger partial charge < -0.3 is 5.32 Å². The van der Waals surface area contributed by atoms with E-state index < -0.39 is 0 Å². The third-order valence-electron chi connectivity index (χ3n) is 3.42. The zero-order chi connectivity index (χ0) is 14.0. The Balaban J connectivity index is 1.89. The maximum atomic E-state index is 11.5. The zero-order valence-electron chi connectivity index (χ0n) is 11.3. The Morgan fingerprint density at radius 2 is 1.79 bits per heavy atom. The number of nitrogens with one attached hydrogen (secondary N) is 2. The molecule has 7 nitrogen and oxygen atoms in total. The van der Waals surface area contributed by atoms with Gasteiger partial charge in [-0.25, -0.2) is 0 Å².